The van der Waals surface area contributed by atoms with Crippen molar-refractivity contribution >= 4 is 11.5 Å². The van der Waals surface area contributed by atoms with E-state index in [1.165, 1.54) is 19.4 Å². The van der Waals surface area contributed by atoms with Gasteiger partial charge in [0.15, 0.2) is 5.82 Å². The quantitative estimate of drug-likeness (QED) is 0.623. The van der Waals surface area contributed by atoms with E-state index >= 15 is 0 Å². The summed E-state index contributed by atoms with van der Waals surface area (Å²) in [5, 5.41) is 8.75. The van der Waals surface area contributed by atoms with Crippen LogP contribution in [0.1, 0.15) is 18.4 Å². The molecule has 6 nitrogen and oxygen atoms in total. The molecule has 0 bridgehead atoms. The van der Waals surface area contributed by atoms with E-state index in [-0.39, 0.29) is 0 Å². The van der Waals surface area contributed by atoms with Gasteiger partial charge in [-0.15, -0.1) is 10.2 Å². The van der Waals surface area contributed by atoms with Gasteiger partial charge in [0, 0.05) is 37.3 Å². The molecule has 2 aliphatic heterocycles. The molecule has 3 heterocycles. The molecule has 1 aromatic heterocycles. The van der Waals surface area contributed by atoms with Crippen LogP contribution in [-0.2, 0) is 6.61 Å². The largest absolute Gasteiger partial charge is 0.488 e. The maximum atomic E-state index is 6.31. The molecule has 1 saturated carbocycles. The smallest absolute Gasteiger partial charge is 0.169 e. The van der Waals surface area contributed by atoms with Gasteiger partial charge in [-0.2, -0.15) is 0 Å². The molecule has 2 aromatic carbocycles. The maximum absolute atomic E-state index is 6.31. The lowest BCUT2D eigenvalue weighted by molar-refractivity contribution is 0.304. The molecular weight excluding hydrogens is 386 g/mol. The Morgan fingerprint density at radius 2 is 1.74 bits per heavy atom. The van der Waals surface area contributed by atoms with Crippen molar-refractivity contribution in [3.05, 3.63) is 66.2 Å². The number of hydrogen-bond donors (Lipinski definition) is 1. The lowest BCUT2D eigenvalue weighted by atomic mass is 10.1. The topological polar surface area (TPSA) is 67.3 Å². The van der Waals surface area contributed by atoms with Crippen LogP contribution in [0.3, 0.4) is 0 Å². The highest BCUT2D eigenvalue weighted by atomic mass is 16.5. The van der Waals surface area contributed by atoms with E-state index in [0.717, 1.165) is 47.3 Å². The Morgan fingerprint density at radius 1 is 0.935 bits per heavy atom. The summed E-state index contributed by atoms with van der Waals surface area (Å²) < 4.78 is 6.15. The number of hydrogen-bond acceptors (Lipinski definition) is 6. The first kappa shape index (κ1) is 18.6. The number of aromatic nitrogens is 2. The number of para-hydroxylation sites is 1. The van der Waals surface area contributed by atoms with Crippen molar-refractivity contribution in [3.8, 4) is 17.0 Å². The Bertz CT molecular complexity index is 1080. The van der Waals surface area contributed by atoms with Crippen molar-refractivity contribution < 1.29 is 4.74 Å². The number of ether oxygens (including phenoxy) is 1. The monoisotopic (exact) mass is 413 g/mol. The van der Waals surface area contributed by atoms with E-state index in [4.69, 9.17) is 10.5 Å². The lowest BCUT2D eigenvalue weighted by Crippen LogP contribution is -2.46. The average molecular weight is 414 g/mol. The number of nitrogens with two attached hydrogens (primary N) is 1. The summed E-state index contributed by atoms with van der Waals surface area (Å²) in [5.74, 6) is 2.17. The molecule has 31 heavy (non-hydrogen) atoms. The molecule has 2 N–H and O–H groups in total. The van der Waals surface area contributed by atoms with E-state index in [2.05, 4.69) is 38.2 Å². The lowest BCUT2D eigenvalue weighted by Gasteiger charge is -2.35. The number of piperazine rings is 1. The second-order valence-electron chi connectivity index (χ2n) is 8.93. The highest BCUT2D eigenvalue weighted by Crippen LogP contribution is 2.44. The highest BCUT2D eigenvalue weighted by Gasteiger charge is 2.50. The van der Waals surface area contributed by atoms with Gasteiger partial charge in [0.1, 0.15) is 12.4 Å². The minimum absolute atomic E-state index is 0.509. The second kappa shape index (κ2) is 7.54. The minimum Gasteiger partial charge on any atom is -0.488 e. The standard InChI is InChI=1S/C25H27N5O/c26-25-22(29-13-19-14-30(19)23(15-29)18-10-11-18)12-21(27-28-25)20-8-4-5-9-24(20)31-16-17-6-2-1-3-7-17/h1-9,12,18-19,23H,10-11,13-16H2,(H2,26,28). The maximum Gasteiger partial charge on any atom is 0.169 e. The summed E-state index contributed by atoms with van der Waals surface area (Å²) in [6.45, 7) is 3.78. The van der Waals surface area contributed by atoms with Crippen molar-refractivity contribution in [1.82, 2.24) is 15.1 Å². The van der Waals surface area contributed by atoms with E-state index in [0.29, 0.717) is 24.5 Å². The summed E-state index contributed by atoms with van der Waals surface area (Å²) in [6.07, 6.45) is 2.73. The molecule has 6 heteroatoms. The predicted octanol–water partition coefficient (Wildman–Crippen LogP) is 3.59. The third kappa shape index (κ3) is 3.72. The van der Waals surface area contributed by atoms with Crippen LogP contribution in [0.4, 0.5) is 11.5 Å². The number of nitrogens with zero attached hydrogens (tertiary/aromatic N) is 4. The number of fused-ring (bicyclic) bond motifs is 1. The molecule has 3 aromatic rings. The number of rotatable bonds is 6. The zero-order valence-electron chi connectivity index (χ0n) is 17.5. The average Bonchev–Trinajstić information content (AvgIpc) is 3.72. The molecule has 3 fully saturated rings. The number of nitrogen functional groups attached to an aromatic ring is 1. The number of anilines is 2. The molecule has 2 saturated heterocycles. The minimum atomic E-state index is 0.509. The van der Waals surface area contributed by atoms with E-state index < -0.39 is 0 Å². The van der Waals surface area contributed by atoms with Gasteiger partial charge >= 0.3 is 0 Å². The van der Waals surface area contributed by atoms with Crippen LogP contribution in [0.5, 0.6) is 5.75 Å². The first-order valence-corrected chi connectivity index (χ1v) is 11.2. The summed E-state index contributed by atoms with van der Waals surface area (Å²) in [7, 11) is 0. The Morgan fingerprint density at radius 3 is 2.58 bits per heavy atom. The molecule has 3 unspecified atom stereocenters. The fourth-order valence-corrected chi connectivity index (χ4v) is 4.84. The van der Waals surface area contributed by atoms with Crippen LogP contribution < -0.4 is 15.4 Å². The summed E-state index contributed by atoms with van der Waals surface area (Å²) in [4.78, 5) is 5.09. The van der Waals surface area contributed by atoms with Crippen molar-refractivity contribution in [2.75, 3.05) is 30.3 Å². The molecular formula is C25H27N5O. The van der Waals surface area contributed by atoms with Crippen molar-refractivity contribution in [2.45, 2.75) is 31.5 Å². The van der Waals surface area contributed by atoms with Gasteiger partial charge in [0.25, 0.3) is 0 Å². The Kier molecular flexibility index (Phi) is 4.53. The molecule has 0 spiro atoms. The van der Waals surface area contributed by atoms with Crippen LogP contribution in [0.15, 0.2) is 60.7 Å². The number of benzene rings is 2. The first-order chi connectivity index (χ1) is 15.3. The van der Waals surface area contributed by atoms with Gasteiger partial charge in [-0.1, -0.05) is 42.5 Å². The predicted molar refractivity (Wildman–Crippen MR) is 122 cm³/mol. The third-order valence-electron chi connectivity index (χ3n) is 6.73. The SMILES string of the molecule is Nc1nnc(-c2ccccc2OCc2ccccc2)cc1N1CC2CN2C(C2CC2)C1. The zero-order chi connectivity index (χ0) is 20.8. The van der Waals surface area contributed by atoms with Crippen molar-refractivity contribution in [2.24, 2.45) is 5.92 Å². The normalized spacial score (nSPS) is 24.5. The molecule has 3 atom stereocenters. The van der Waals surface area contributed by atoms with Crippen LogP contribution in [-0.4, -0.2) is 46.8 Å². The van der Waals surface area contributed by atoms with Crippen LogP contribution >= 0.6 is 0 Å². The van der Waals surface area contributed by atoms with Crippen LogP contribution in [0, 0.1) is 5.92 Å². The Labute approximate surface area is 182 Å². The zero-order valence-corrected chi connectivity index (χ0v) is 17.5. The Balaban J connectivity index is 1.27. The summed E-state index contributed by atoms with van der Waals surface area (Å²) >= 11 is 0. The van der Waals surface area contributed by atoms with E-state index in [1.54, 1.807) is 0 Å². The van der Waals surface area contributed by atoms with Gasteiger partial charge < -0.3 is 15.4 Å². The fraction of sp³-hybridized carbons (Fsp3) is 0.360. The van der Waals surface area contributed by atoms with E-state index in [1.807, 2.05) is 42.5 Å². The molecule has 0 amide bonds. The highest BCUT2D eigenvalue weighted by molar-refractivity contribution is 5.74. The fourth-order valence-electron chi connectivity index (χ4n) is 4.84. The van der Waals surface area contributed by atoms with Gasteiger partial charge in [-0.25, -0.2) is 0 Å². The molecule has 1 aliphatic carbocycles. The van der Waals surface area contributed by atoms with Gasteiger partial charge in [-0.05, 0) is 42.5 Å². The van der Waals surface area contributed by atoms with Crippen molar-refractivity contribution in [1.29, 1.82) is 0 Å². The van der Waals surface area contributed by atoms with Gasteiger partial charge in [0.2, 0.25) is 0 Å². The van der Waals surface area contributed by atoms with Crippen molar-refractivity contribution in [3.63, 3.8) is 0 Å². The van der Waals surface area contributed by atoms with Gasteiger partial charge in [0.05, 0.1) is 11.4 Å². The summed E-state index contributed by atoms with van der Waals surface area (Å²) in [5.41, 5.74) is 10.2. The van der Waals surface area contributed by atoms with Crippen LogP contribution in [0.25, 0.3) is 11.3 Å². The van der Waals surface area contributed by atoms with Crippen LogP contribution in [0.2, 0.25) is 0 Å². The molecule has 0 radical (unpaired) electrons. The Hall–Kier alpha value is -3.12. The molecule has 3 aliphatic rings. The molecule has 6 rings (SSSR count). The second-order valence-corrected chi connectivity index (χ2v) is 8.93. The van der Waals surface area contributed by atoms with E-state index in [9.17, 15) is 0 Å². The third-order valence-corrected chi connectivity index (χ3v) is 6.73. The summed E-state index contributed by atoms with van der Waals surface area (Å²) in [6, 6.07) is 21.6. The molecule has 158 valence electrons. The van der Waals surface area contributed by atoms with Gasteiger partial charge in [-0.3, -0.25) is 4.90 Å². The first-order valence-electron chi connectivity index (χ1n) is 11.2.